The van der Waals surface area contributed by atoms with Gasteiger partial charge in [0.2, 0.25) is 0 Å². The lowest BCUT2D eigenvalue weighted by Gasteiger charge is -2.31. The number of fused-ring (bicyclic) bond motifs is 1. The number of benzene rings is 2. The number of nitrogens with two attached hydrogens (primary N) is 1. The number of anilines is 2. The molecular weight excluding hydrogens is 354 g/mol. The van der Waals surface area contributed by atoms with Crippen LogP contribution in [0.25, 0.3) is 0 Å². The standard InChI is InChI=1S/C21H23N5O2/c22-17-7-6-16-11-26(21(27)28)19(8-15-4-2-1-3-5-15)13-25(20(16)9-17)12-18-10-23-14-24-18/h1-7,9-10,14,19H,8,11-13,22H2,(H,23,24)(H,27,28). The van der Waals surface area contributed by atoms with Gasteiger partial charge in [-0.3, -0.25) is 4.90 Å². The summed E-state index contributed by atoms with van der Waals surface area (Å²) in [6, 6.07) is 15.5. The zero-order valence-corrected chi connectivity index (χ0v) is 15.5. The van der Waals surface area contributed by atoms with Crippen LogP contribution < -0.4 is 10.6 Å². The maximum absolute atomic E-state index is 12.1. The number of hydrogen-bond donors (Lipinski definition) is 3. The SMILES string of the molecule is Nc1ccc2c(c1)N(Cc1c[nH]cn1)CC(Cc1ccccc1)N(C(=O)O)C2. The molecule has 2 heterocycles. The van der Waals surface area contributed by atoms with E-state index in [1.165, 1.54) is 4.90 Å². The number of nitrogens with one attached hydrogen (secondary N) is 1. The van der Waals surface area contributed by atoms with Crippen LogP contribution in [0.15, 0.2) is 61.1 Å². The summed E-state index contributed by atoms with van der Waals surface area (Å²) in [6.45, 7) is 1.47. The Kier molecular flexibility index (Phi) is 4.89. The molecule has 1 aliphatic rings. The van der Waals surface area contributed by atoms with Gasteiger partial charge in [-0.25, -0.2) is 9.78 Å². The van der Waals surface area contributed by atoms with Crippen LogP contribution in [0.3, 0.4) is 0 Å². The molecule has 1 aliphatic heterocycles. The molecule has 0 fully saturated rings. The summed E-state index contributed by atoms with van der Waals surface area (Å²) < 4.78 is 0. The maximum Gasteiger partial charge on any atom is 0.407 e. The first-order valence-electron chi connectivity index (χ1n) is 9.24. The van der Waals surface area contributed by atoms with E-state index >= 15 is 0 Å². The van der Waals surface area contributed by atoms with Crippen molar-refractivity contribution >= 4 is 17.5 Å². The van der Waals surface area contributed by atoms with Crippen molar-refractivity contribution in [3.63, 3.8) is 0 Å². The van der Waals surface area contributed by atoms with Gasteiger partial charge in [-0.1, -0.05) is 36.4 Å². The zero-order valence-electron chi connectivity index (χ0n) is 15.5. The van der Waals surface area contributed by atoms with Crippen LogP contribution in [0.2, 0.25) is 0 Å². The Morgan fingerprint density at radius 1 is 1.25 bits per heavy atom. The summed E-state index contributed by atoms with van der Waals surface area (Å²) in [7, 11) is 0. The fraction of sp³-hybridized carbons (Fsp3) is 0.238. The Morgan fingerprint density at radius 3 is 2.79 bits per heavy atom. The van der Waals surface area contributed by atoms with Crippen LogP contribution >= 0.6 is 0 Å². The summed E-state index contributed by atoms with van der Waals surface area (Å²) >= 11 is 0. The van der Waals surface area contributed by atoms with Crippen LogP contribution in [0.1, 0.15) is 16.8 Å². The molecule has 28 heavy (non-hydrogen) atoms. The molecule has 1 atom stereocenters. The maximum atomic E-state index is 12.1. The molecule has 0 spiro atoms. The molecule has 0 saturated carbocycles. The van der Waals surface area contributed by atoms with Gasteiger partial charge < -0.3 is 20.7 Å². The average molecular weight is 377 g/mol. The van der Waals surface area contributed by atoms with Gasteiger partial charge in [0, 0.05) is 24.1 Å². The van der Waals surface area contributed by atoms with E-state index in [2.05, 4.69) is 14.9 Å². The lowest BCUT2D eigenvalue weighted by molar-refractivity contribution is 0.123. The normalized spacial score (nSPS) is 16.5. The van der Waals surface area contributed by atoms with E-state index in [1.54, 1.807) is 6.33 Å². The number of carboxylic acid groups (broad SMARTS) is 1. The number of nitrogen functional groups attached to an aromatic ring is 1. The van der Waals surface area contributed by atoms with Crippen LogP contribution in [-0.2, 0) is 19.5 Å². The smallest absolute Gasteiger partial charge is 0.407 e. The number of nitrogens with zero attached hydrogens (tertiary/aromatic N) is 3. The van der Waals surface area contributed by atoms with E-state index in [0.29, 0.717) is 31.7 Å². The zero-order chi connectivity index (χ0) is 19.5. The molecule has 7 nitrogen and oxygen atoms in total. The minimum Gasteiger partial charge on any atom is -0.465 e. The van der Waals surface area contributed by atoms with Crippen molar-refractivity contribution in [1.82, 2.24) is 14.9 Å². The average Bonchev–Trinajstić information content (AvgIpc) is 3.14. The first-order chi connectivity index (χ1) is 13.6. The molecule has 1 unspecified atom stereocenters. The molecule has 1 aromatic heterocycles. The predicted molar refractivity (Wildman–Crippen MR) is 108 cm³/mol. The van der Waals surface area contributed by atoms with Crippen molar-refractivity contribution in [3.05, 3.63) is 77.9 Å². The van der Waals surface area contributed by atoms with Gasteiger partial charge >= 0.3 is 6.09 Å². The van der Waals surface area contributed by atoms with Gasteiger partial charge in [-0.15, -0.1) is 0 Å². The largest absolute Gasteiger partial charge is 0.465 e. The van der Waals surface area contributed by atoms with Crippen molar-refractivity contribution < 1.29 is 9.90 Å². The Labute approximate surface area is 163 Å². The molecule has 1 amide bonds. The van der Waals surface area contributed by atoms with E-state index in [4.69, 9.17) is 5.73 Å². The highest BCUT2D eigenvalue weighted by molar-refractivity contribution is 5.69. The number of rotatable bonds is 4. The lowest BCUT2D eigenvalue weighted by atomic mass is 10.0. The topological polar surface area (TPSA) is 98.5 Å². The number of hydrogen-bond acceptors (Lipinski definition) is 4. The number of carbonyl (C=O) groups is 1. The molecule has 144 valence electrons. The van der Waals surface area contributed by atoms with Crippen LogP contribution in [0, 0.1) is 0 Å². The Hall–Kier alpha value is -3.48. The Balaban J connectivity index is 1.71. The third kappa shape index (κ3) is 3.78. The lowest BCUT2D eigenvalue weighted by Crippen LogP contribution is -2.45. The summed E-state index contributed by atoms with van der Waals surface area (Å²) in [4.78, 5) is 23.1. The number of H-pyrrole nitrogens is 1. The quantitative estimate of drug-likeness (QED) is 0.607. The van der Waals surface area contributed by atoms with Gasteiger partial charge in [0.05, 0.1) is 31.2 Å². The molecule has 4 rings (SSSR count). The Morgan fingerprint density at radius 2 is 2.07 bits per heavy atom. The van der Waals surface area contributed by atoms with E-state index in [9.17, 15) is 9.90 Å². The van der Waals surface area contributed by atoms with Crippen molar-refractivity contribution in [2.75, 3.05) is 17.2 Å². The molecule has 7 heteroatoms. The van der Waals surface area contributed by atoms with Gasteiger partial charge in [0.25, 0.3) is 0 Å². The second kappa shape index (κ2) is 7.64. The summed E-state index contributed by atoms with van der Waals surface area (Å²) in [5.74, 6) is 0. The third-order valence-electron chi connectivity index (χ3n) is 5.13. The fourth-order valence-electron chi connectivity index (χ4n) is 3.78. The van der Waals surface area contributed by atoms with Crippen LogP contribution in [0.5, 0.6) is 0 Å². The summed E-state index contributed by atoms with van der Waals surface area (Å²) in [5, 5.41) is 9.90. The second-order valence-electron chi connectivity index (χ2n) is 7.08. The number of amides is 1. The molecule has 0 bridgehead atoms. The van der Waals surface area contributed by atoms with Crippen molar-refractivity contribution in [2.24, 2.45) is 0 Å². The van der Waals surface area contributed by atoms with Crippen molar-refractivity contribution in [1.29, 1.82) is 0 Å². The molecule has 0 saturated heterocycles. The van der Waals surface area contributed by atoms with Crippen molar-refractivity contribution in [2.45, 2.75) is 25.6 Å². The Bertz CT molecular complexity index is 943. The molecule has 3 aromatic rings. The second-order valence-corrected chi connectivity index (χ2v) is 7.08. The minimum atomic E-state index is -0.912. The van der Waals surface area contributed by atoms with E-state index < -0.39 is 6.09 Å². The first kappa shape index (κ1) is 17.9. The van der Waals surface area contributed by atoms with Gasteiger partial charge in [0.1, 0.15) is 0 Å². The van der Waals surface area contributed by atoms with E-state index in [0.717, 1.165) is 22.5 Å². The van der Waals surface area contributed by atoms with E-state index in [1.807, 2.05) is 54.7 Å². The van der Waals surface area contributed by atoms with Gasteiger partial charge in [0.15, 0.2) is 0 Å². The van der Waals surface area contributed by atoms with Gasteiger partial charge in [-0.2, -0.15) is 0 Å². The highest BCUT2D eigenvalue weighted by Gasteiger charge is 2.31. The first-order valence-corrected chi connectivity index (χ1v) is 9.24. The fourth-order valence-corrected chi connectivity index (χ4v) is 3.78. The van der Waals surface area contributed by atoms with Gasteiger partial charge in [-0.05, 0) is 29.7 Å². The summed E-state index contributed by atoms with van der Waals surface area (Å²) in [6.07, 6.45) is 3.25. The van der Waals surface area contributed by atoms with E-state index in [-0.39, 0.29) is 6.04 Å². The monoisotopic (exact) mass is 377 g/mol. The molecular formula is C21H23N5O2. The molecule has 0 aliphatic carbocycles. The molecule has 4 N–H and O–H groups in total. The number of aromatic amines is 1. The number of aromatic nitrogens is 2. The highest BCUT2D eigenvalue weighted by Crippen LogP contribution is 2.31. The highest BCUT2D eigenvalue weighted by atomic mass is 16.4. The molecule has 0 radical (unpaired) electrons. The predicted octanol–water partition coefficient (Wildman–Crippen LogP) is 3.10. The third-order valence-corrected chi connectivity index (χ3v) is 5.13. The summed E-state index contributed by atoms with van der Waals surface area (Å²) in [5.41, 5.74) is 10.6. The number of imidazole rings is 1. The van der Waals surface area contributed by atoms with Crippen LogP contribution in [-0.4, -0.2) is 38.7 Å². The minimum absolute atomic E-state index is 0.188. The van der Waals surface area contributed by atoms with Crippen LogP contribution in [0.4, 0.5) is 16.2 Å². The molecule has 2 aromatic carbocycles. The van der Waals surface area contributed by atoms with Crippen molar-refractivity contribution in [3.8, 4) is 0 Å².